The molecule has 2 aromatic rings. The number of aromatic amines is 1. The second-order valence-electron chi connectivity index (χ2n) is 2.45. The van der Waals surface area contributed by atoms with Crippen LogP contribution in [0.5, 0.6) is 0 Å². The van der Waals surface area contributed by atoms with Crippen LogP contribution in [0.15, 0.2) is 24.4 Å². The van der Waals surface area contributed by atoms with Gasteiger partial charge < -0.3 is 0 Å². The van der Waals surface area contributed by atoms with Crippen LogP contribution in [-0.4, -0.2) is 15.4 Å². The van der Waals surface area contributed by atoms with Crippen molar-refractivity contribution in [3.05, 3.63) is 30.0 Å². The van der Waals surface area contributed by atoms with Crippen molar-refractivity contribution in [3.8, 4) is 0 Å². The summed E-state index contributed by atoms with van der Waals surface area (Å²) >= 11 is 5.30. The summed E-state index contributed by atoms with van der Waals surface area (Å²) in [4.78, 5) is 10.7. The first-order valence-electron chi connectivity index (χ1n) is 3.40. The Morgan fingerprint density at radius 2 is 2.23 bits per heavy atom. The Hall–Kier alpha value is -1.06. The quantitative estimate of drug-likeness (QED) is 0.745. The highest BCUT2D eigenvalue weighted by Crippen LogP contribution is 2.13. The van der Waals surface area contributed by atoms with Gasteiger partial charge in [-0.05, 0) is 29.8 Å². The zero-order chi connectivity index (χ0) is 8.55. The summed E-state index contributed by atoms with van der Waals surface area (Å²) in [7, 11) is 0. The van der Waals surface area contributed by atoms with E-state index in [1.165, 1.54) is 0 Å². The molecule has 0 aliphatic carbocycles. The molecule has 68 valence electrons. The first kappa shape index (κ1) is 10.0. The summed E-state index contributed by atoms with van der Waals surface area (Å²) in [6.45, 7) is 0. The maximum atomic E-state index is 10.7. The number of rotatable bonds is 1. The fourth-order valence-corrected chi connectivity index (χ4v) is 1.18. The summed E-state index contributed by atoms with van der Waals surface area (Å²) in [5.74, 6) is 0. The molecule has 13 heavy (non-hydrogen) atoms. The smallest absolute Gasteiger partial charge is 0.252 e. The van der Waals surface area contributed by atoms with Crippen LogP contribution in [0.1, 0.15) is 10.4 Å². The van der Waals surface area contributed by atoms with Crippen molar-refractivity contribution >= 4 is 40.2 Å². The van der Waals surface area contributed by atoms with Crippen LogP contribution in [0.3, 0.4) is 0 Å². The molecule has 0 aliphatic heterocycles. The molecule has 1 heterocycles. The van der Waals surface area contributed by atoms with Gasteiger partial charge in [-0.15, -0.1) is 12.4 Å². The molecule has 5 heteroatoms. The van der Waals surface area contributed by atoms with Gasteiger partial charge in [0.1, 0.15) is 0 Å². The maximum absolute atomic E-state index is 10.7. The Morgan fingerprint density at radius 1 is 1.46 bits per heavy atom. The van der Waals surface area contributed by atoms with E-state index < -0.39 is 5.24 Å². The molecule has 0 atom stereocenters. The molecule has 1 aromatic carbocycles. The van der Waals surface area contributed by atoms with Crippen LogP contribution < -0.4 is 0 Å². The molecule has 0 spiro atoms. The summed E-state index contributed by atoms with van der Waals surface area (Å²) in [6, 6.07) is 5.14. The van der Waals surface area contributed by atoms with Crippen molar-refractivity contribution in [1.82, 2.24) is 10.2 Å². The van der Waals surface area contributed by atoms with Gasteiger partial charge in [-0.3, -0.25) is 9.89 Å². The zero-order valence-electron chi connectivity index (χ0n) is 6.45. The Morgan fingerprint density at radius 3 is 2.92 bits per heavy atom. The van der Waals surface area contributed by atoms with E-state index in [-0.39, 0.29) is 12.4 Å². The fraction of sp³-hybridized carbons (Fsp3) is 0. The lowest BCUT2D eigenvalue weighted by molar-refractivity contribution is 0.108. The SMILES string of the molecule is Cl.O=C(Cl)c1ccc2[nH]ncc2c1. The summed E-state index contributed by atoms with van der Waals surface area (Å²) in [5.41, 5.74) is 1.39. The molecule has 1 aromatic heterocycles. The van der Waals surface area contributed by atoms with Gasteiger partial charge >= 0.3 is 0 Å². The Bertz CT molecular complexity index is 438. The Kier molecular flexibility index (Phi) is 2.90. The van der Waals surface area contributed by atoms with Gasteiger partial charge in [0.2, 0.25) is 0 Å². The van der Waals surface area contributed by atoms with Gasteiger partial charge in [-0.1, -0.05) is 0 Å². The highest BCUT2D eigenvalue weighted by molar-refractivity contribution is 6.67. The Labute approximate surface area is 85.5 Å². The molecule has 0 bridgehead atoms. The van der Waals surface area contributed by atoms with E-state index in [2.05, 4.69) is 10.2 Å². The van der Waals surface area contributed by atoms with Crippen LogP contribution in [-0.2, 0) is 0 Å². The number of nitrogens with one attached hydrogen (secondary N) is 1. The van der Waals surface area contributed by atoms with Crippen molar-refractivity contribution in [2.75, 3.05) is 0 Å². The molecule has 0 unspecified atom stereocenters. The average molecular weight is 217 g/mol. The van der Waals surface area contributed by atoms with Crippen molar-refractivity contribution in [2.45, 2.75) is 0 Å². The number of H-pyrrole nitrogens is 1. The van der Waals surface area contributed by atoms with Crippen molar-refractivity contribution in [3.63, 3.8) is 0 Å². The highest BCUT2D eigenvalue weighted by atomic mass is 35.5. The predicted molar refractivity (Wildman–Crippen MR) is 53.5 cm³/mol. The number of aromatic nitrogens is 2. The average Bonchev–Trinajstić information content (AvgIpc) is 2.49. The lowest BCUT2D eigenvalue weighted by atomic mass is 10.2. The van der Waals surface area contributed by atoms with Crippen LogP contribution in [0.25, 0.3) is 10.9 Å². The molecule has 3 nitrogen and oxygen atoms in total. The van der Waals surface area contributed by atoms with Gasteiger partial charge in [0.25, 0.3) is 5.24 Å². The molecule has 1 N–H and O–H groups in total. The highest BCUT2D eigenvalue weighted by Gasteiger charge is 2.02. The van der Waals surface area contributed by atoms with Crippen molar-refractivity contribution < 1.29 is 4.79 Å². The molecule has 2 rings (SSSR count). The fourth-order valence-electron chi connectivity index (χ4n) is 1.06. The summed E-state index contributed by atoms with van der Waals surface area (Å²) in [5, 5.41) is 7.05. The minimum Gasteiger partial charge on any atom is -0.278 e. The van der Waals surface area contributed by atoms with Crippen LogP contribution in [0.4, 0.5) is 0 Å². The minimum absolute atomic E-state index is 0. The van der Waals surface area contributed by atoms with E-state index >= 15 is 0 Å². The monoisotopic (exact) mass is 216 g/mol. The molecule has 0 amide bonds. The van der Waals surface area contributed by atoms with E-state index in [1.54, 1.807) is 24.4 Å². The molecule has 0 radical (unpaired) electrons. The third kappa shape index (κ3) is 1.82. The van der Waals surface area contributed by atoms with Crippen LogP contribution in [0, 0.1) is 0 Å². The van der Waals surface area contributed by atoms with Gasteiger partial charge in [-0.2, -0.15) is 5.10 Å². The first-order valence-corrected chi connectivity index (χ1v) is 3.78. The number of carbonyl (C=O) groups excluding carboxylic acids is 1. The maximum Gasteiger partial charge on any atom is 0.252 e. The number of benzene rings is 1. The Balaban J connectivity index is 0.000000845. The summed E-state index contributed by atoms with van der Waals surface area (Å²) in [6.07, 6.45) is 1.65. The first-order chi connectivity index (χ1) is 5.77. The lowest BCUT2D eigenvalue weighted by Crippen LogP contribution is -1.86. The predicted octanol–water partition coefficient (Wildman–Crippen LogP) is 2.36. The lowest BCUT2D eigenvalue weighted by Gasteiger charge is -1.91. The van der Waals surface area contributed by atoms with Crippen LogP contribution >= 0.6 is 24.0 Å². The van der Waals surface area contributed by atoms with E-state index in [4.69, 9.17) is 11.6 Å². The van der Waals surface area contributed by atoms with Gasteiger partial charge in [0.15, 0.2) is 0 Å². The normalized spacial score (nSPS) is 9.62. The number of fused-ring (bicyclic) bond motifs is 1. The third-order valence-electron chi connectivity index (χ3n) is 1.67. The van der Waals surface area contributed by atoms with E-state index in [9.17, 15) is 4.79 Å². The largest absolute Gasteiger partial charge is 0.278 e. The molecular formula is C8H6Cl2N2O. The third-order valence-corrected chi connectivity index (χ3v) is 1.89. The number of nitrogens with zero attached hydrogens (tertiary/aromatic N) is 1. The van der Waals surface area contributed by atoms with E-state index in [0.717, 1.165) is 10.9 Å². The number of halogens is 2. The number of carbonyl (C=O) groups is 1. The molecular weight excluding hydrogens is 211 g/mol. The van der Waals surface area contributed by atoms with E-state index in [0.29, 0.717) is 5.56 Å². The topological polar surface area (TPSA) is 45.8 Å². The zero-order valence-corrected chi connectivity index (χ0v) is 8.02. The van der Waals surface area contributed by atoms with Crippen molar-refractivity contribution in [2.24, 2.45) is 0 Å². The van der Waals surface area contributed by atoms with E-state index in [1.807, 2.05) is 0 Å². The molecule has 0 fully saturated rings. The molecule has 0 saturated carbocycles. The van der Waals surface area contributed by atoms with Gasteiger partial charge in [-0.25, -0.2) is 0 Å². The second kappa shape index (κ2) is 3.77. The van der Waals surface area contributed by atoms with Crippen LogP contribution in [0.2, 0.25) is 0 Å². The molecule has 0 saturated heterocycles. The second-order valence-corrected chi connectivity index (χ2v) is 2.79. The standard InChI is InChI=1S/C8H5ClN2O.ClH/c9-8(12)5-1-2-7-6(3-5)4-10-11-7;/h1-4H,(H,10,11);1H. The number of hydrogen-bond acceptors (Lipinski definition) is 2. The number of hydrogen-bond donors (Lipinski definition) is 1. The van der Waals surface area contributed by atoms with Gasteiger partial charge in [0, 0.05) is 10.9 Å². The van der Waals surface area contributed by atoms with Crippen molar-refractivity contribution in [1.29, 1.82) is 0 Å². The molecule has 0 aliphatic rings. The minimum atomic E-state index is -0.446. The summed E-state index contributed by atoms with van der Waals surface area (Å²) < 4.78 is 0. The van der Waals surface area contributed by atoms with Gasteiger partial charge in [0.05, 0.1) is 11.7 Å².